The Bertz CT molecular complexity index is 1190. The normalized spacial score (nSPS) is 12.9. The molecular formula is C22H22FN5O4S. The van der Waals surface area contributed by atoms with Crippen LogP contribution in [0.15, 0.2) is 47.6 Å². The van der Waals surface area contributed by atoms with Gasteiger partial charge in [0, 0.05) is 18.3 Å². The van der Waals surface area contributed by atoms with Crippen LogP contribution in [-0.4, -0.2) is 39.1 Å². The van der Waals surface area contributed by atoms with Crippen molar-refractivity contribution in [1.29, 1.82) is 0 Å². The van der Waals surface area contributed by atoms with Crippen molar-refractivity contribution in [3.05, 3.63) is 59.7 Å². The van der Waals surface area contributed by atoms with Gasteiger partial charge in [0.15, 0.2) is 22.5 Å². The molecular weight excluding hydrogens is 449 g/mol. The Kier molecular flexibility index (Phi) is 6.78. The summed E-state index contributed by atoms with van der Waals surface area (Å²) < 4.78 is 26.3. The number of halogens is 1. The van der Waals surface area contributed by atoms with Crippen LogP contribution in [-0.2, 0) is 11.3 Å². The lowest BCUT2D eigenvalue weighted by atomic mass is 10.2. The molecule has 3 aromatic rings. The predicted molar refractivity (Wildman–Crippen MR) is 120 cm³/mol. The second-order valence-electron chi connectivity index (χ2n) is 7.16. The van der Waals surface area contributed by atoms with E-state index in [0.717, 1.165) is 0 Å². The molecule has 4 rings (SSSR count). The largest absolute Gasteiger partial charge is 0.454 e. The molecule has 0 spiro atoms. The van der Waals surface area contributed by atoms with E-state index < -0.39 is 17.8 Å². The van der Waals surface area contributed by atoms with Gasteiger partial charge in [0.2, 0.25) is 12.7 Å². The summed E-state index contributed by atoms with van der Waals surface area (Å²) in [5, 5.41) is 14.4. The Labute approximate surface area is 193 Å². The standard InChI is InChI=1S/C22H22FN5O4S/c1-3-28-20(13(2)24-21(30)15-6-4-5-7-16(15)23)26-27-22(28)33-11-19(29)25-14-8-9-17-18(10-14)32-12-31-17/h4-10,13H,3,11-12H2,1-2H3,(H,24,30)(H,25,29)/t13-/m1/s1. The third kappa shape index (κ3) is 5.08. The molecule has 0 saturated carbocycles. The Balaban J connectivity index is 1.37. The number of nitrogens with zero attached hydrogens (tertiary/aromatic N) is 3. The molecule has 0 radical (unpaired) electrons. The molecule has 2 heterocycles. The van der Waals surface area contributed by atoms with Crippen molar-refractivity contribution >= 4 is 29.3 Å². The van der Waals surface area contributed by atoms with Gasteiger partial charge in [-0.25, -0.2) is 4.39 Å². The summed E-state index contributed by atoms with van der Waals surface area (Å²) in [6.45, 7) is 4.36. The molecule has 2 amide bonds. The average molecular weight is 472 g/mol. The Hall–Kier alpha value is -3.60. The first-order valence-corrected chi connectivity index (χ1v) is 11.3. The van der Waals surface area contributed by atoms with Gasteiger partial charge in [-0.15, -0.1) is 10.2 Å². The van der Waals surface area contributed by atoms with E-state index in [1.807, 2.05) is 11.5 Å². The van der Waals surface area contributed by atoms with Crippen molar-refractivity contribution in [3.8, 4) is 11.5 Å². The fraction of sp³-hybridized carbons (Fsp3) is 0.273. The van der Waals surface area contributed by atoms with Gasteiger partial charge in [-0.05, 0) is 38.1 Å². The number of carbonyl (C=O) groups is 2. The number of thioether (sulfide) groups is 1. The summed E-state index contributed by atoms with van der Waals surface area (Å²) in [5.74, 6) is 0.507. The van der Waals surface area contributed by atoms with E-state index in [0.29, 0.717) is 34.7 Å². The van der Waals surface area contributed by atoms with Crippen LogP contribution in [0.2, 0.25) is 0 Å². The predicted octanol–water partition coefficient (Wildman–Crippen LogP) is 3.39. The van der Waals surface area contributed by atoms with Crippen LogP contribution >= 0.6 is 11.8 Å². The zero-order valence-electron chi connectivity index (χ0n) is 18.0. The highest BCUT2D eigenvalue weighted by Gasteiger charge is 2.21. The molecule has 0 aliphatic carbocycles. The van der Waals surface area contributed by atoms with Crippen LogP contribution < -0.4 is 20.1 Å². The highest BCUT2D eigenvalue weighted by molar-refractivity contribution is 7.99. The minimum absolute atomic E-state index is 0.0401. The smallest absolute Gasteiger partial charge is 0.254 e. The topological polar surface area (TPSA) is 107 Å². The number of amides is 2. The van der Waals surface area contributed by atoms with Crippen molar-refractivity contribution in [2.75, 3.05) is 17.9 Å². The summed E-state index contributed by atoms with van der Waals surface area (Å²) in [7, 11) is 0. The molecule has 172 valence electrons. The number of rotatable bonds is 8. The lowest BCUT2D eigenvalue weighted by Crippen LogP contribution is -2.29. The molecule has 2 N–H and O–H groups in total. The highest BCUT2D eigenvalue weighted by atomic mass is 32.2. The molecule has 11 heteroatoms. The number of anilines is 1. The van der Waals surface area contributed by atoms with Crippen LogP contribution in [0.5, 0.6) is 11.5 Å². The summed E-state index contributed by atoms with van der Waals surface area (Å²) in [6, 6.07) is 10.4. The van der Waals surface area contributed by atoms with E-state index in [9.17, 15) is 14.0 Å². The lowest BCUT2D eigenvalue weighted by Gasteiger charge is -2.15. The molecule has 1 atom stereocenters. The van der Waals surface area contributed by atoms with Gasteiger partial charge in [-0.1, -0.05) is 23.9 Å². The number of hydrogen-bond donors (Lipinski definition) is 2. The highest BCUT2D eigenvalue weighted by Crippen LogP contribution is 2.34. The van der Waals surface area contributed by atoms with E-state index in [-0.39, 0.29) is 24.0 Å². The minimum Gasteiger partial charge on any atom is -0.454 e. The zero-order chi connectivity index (χ0) is 23.4. The van der Waals surface area contributed by atoms with Crippen molar-refractivity contribution in [2.24, 2.45) is 0 Å². The maximum atomic E-state index is 13.9. The maximum Gasteiger partial charge on any atom is 0.254 e. The molecule has 0 unspecified atom stereocenters. The fourth-order valence-corrected chi connectivity index (χ4v) is 4.12. The van der Waals surface area contributed by atoms with E-state index in [2.05, 4.69) is 20.8 Å². The van der Waals surface area contributed by atoms with Crippen LogP contribution in [0.25, 0.3) is 0 Å². The van der Waals surface area contributed by atoms with E-state index in [1.54, 1.807) is 31.2 Å². The van der Waals surface area contributed by atoms with Crippen molar-refractivity contribution in [1.82, 2.24) is 20.1 Å². The van der Waals surface area contributed by atoms with Gasteiger partial charge in [0.25, 0.3) is 5.91 Å². The Morgan fingerprint density at radius 3 is 2.76 bits per heavy atom. The first-order chi connectivity index (χ1) is 16.0. The number of nitrogens with one attached hydrogen (secondary N) is 2. The summed E-state index contributed by atoms with van der Waals surface area (Å²) >= 11 is 1.23. The molecule has 1 aromatic heterocycles. The molecule has 0 fully saturated rings. The SMILES string of the molecule is CCn1c(SCC(=O)Nc2ccc3c(c2)OCO3)nnc1[C@@H](C)NC(=O)c1ccccc1F. The van der Waals surface area contributed by atoms with E-state index >= 15 is 0 Å². The quantitative estimate of drug-likeness (QED) is 0.485. The van der Waals surface area contributed by atoms with Gasteiger partial charge in [-0.2, -0.15) is 0 Å². The second-order valence-corrected chi connectivity index (χ2v) is 8.11. The van der Waals surface area contributed by atoms with Crippen LogP contribution in [0.4, 0.5) is 10.1 Å². The number of aromatic nitrogens is 3. The van der Waals surface area contributed by atoms with Gasteiger partial charge in [-0.3, -0.25) is 9.59 Å². The van der Waals surface area contributed by atoms with Crippen LogP contribution in [0.3, 0.4) is 0 Å². The molecule has 0 bridgehead atoms. The van der Waals surface area contributed by atoms with Crippen molar-refractivity contribution in [2.45, 2.75) is 31.6 Å². The van der Waals surface area contributed by atoms with Crippen molar-refractivity contribution < 1.29 is 23.5 Å². The number of hydrogen-bond acceptors (Lipinski definition) is 7. The van der Waals surface area contributed by atoms with Gasteiger partial charge >= 0.3 is 0 Å². The van der Waals surface area contributed by atoms with E-state index in [1.165, 1.54) is 30.0 Å². The number of benzene rings is 2. The fourth-order valence-electron chi connectivity index (χ4n) is 3.31. The Morgan fingerprint density at radius 2 is 1.97 bits per heavy atom. The molecule has 1 aliphatic heterocycles. The van der Waals surface area contributed by atoms with Gasteiger partial charge in [0.1, 0.15) is 5.82 Å². The monoisotopic (exact) mass is 471 g/mol. The summed E-state index contributed by atoms with van der Waals surface area (Å²) in [5.41, 5.74) is 0.564. The minimum atomic E-state index is -0.594. The summed E-state index contributed by atoms with van der Waals surface area (Å²) in [6.07, 6.45) is 0. The van der Waals surface area contributed by atoms with Crippen LogP contribution in [0.1, 0.15) is 36.1 Å². The molecule has 9 nitrogen and oxygen atoms in total. The molecule has 33 heavy (non-hydrogen) atoms. The first-order valence-electron chi connectivity index (χ1n) is 10.3. The van der Waals surface area contributed by atoms with Crippen LogP contribution in [0, 0.1) is 5.82 Å². The second kappa shape index (κ2) is 9.90. The number of ether oxygens (including phenoxy) is 2. The number of carbonyl (C=O) groups excluding carboxylic acids is 2. The molecule has 2 aromatic carbocycles. The maximum absolute atomic E-state index is 13.9. The average Bonchev–Trinajstić information content (AvgIpc) is 3.44. The summed E-state index contributed by atoms with van der Waals surface area (Å²) in [4.78, 5) is 24.8. The van der Waals surface area contributed by atoms with E-state index in [4.69, 9.17) is 9.47 Å². The Morgan fingerprint density at radius 1 is 1.18 bits per heavy atom. The van der Waals surface area contributed by atoms with Gasteiger partial charge in [0.05, 0.1) is 17.4 Å². The first kappa shape index (κ1) is 22.6. The lowest BCUT2D eigenvalue weighted by molar-refractivity contribution is -0.113. The van der Waals surface area contributed by atoms with Crippen molar-refractivity contribution in [3.63, 3.8) is 0 Å². The molecule has 1 aliphatic rings. The van der Waals surface area contributed by atoms with Gasteiger partial charge < -0.3 is 24.7 Å². The zero-order valence-corrected chi connectivity index (χ0v) is 18.8. The third-order valence-electron chi connectivity index (χ3n) is 4.90. The molecule has 0 saturated heterocycles. The third-order valence-corrected chi connectivity index (χ3v) is 5.87. The number of fused-ring (bicyclic) bond motifs is 1.